The van der Waals surface area contributed by atoms with Crippen LogP contribution in [0.25, 0.3) is 5.78 Å². The first-order chi connectivity index (χ1) is 15.4. The van der Waals surface area contributed by atoms with E-state index in [-0.39, 0.29) is 18.2 Å². The lowest BCUT2D eigenvalue weighted by Crippen LogP contribution is -2.51. The zero-order valence-electron chi connectivity index (χ0n) is 18.7. The van der Waals surface area contributed by atoms with Gasteiger partial charge in [0.1, 0.15) is 5.75 Å². The van der Waals surface area contributed by atoms with Gasteiger partial charge in [-0.05, 0) is 44.0 Å². The van der Waals surface area contributed by atoms with Gasteiger partial charge < -0.3 is 14.5 Å². The Kier molecular flexibility index (Phi) is 6.34. The number of carbonyl (C=O) groups is 2. The van der Waals surface area contributed by atoms with Crippen LogP contribution in [-0.2, 0) is 22.4 Å². The fourth-order valence-corrected chi connectivity index (χ4v) is 3.94. The van der Waals surface area contributed by atoms with E-state index < -0.39 is 0 Å². The molecule has 1 saturated heterocycles. The molecule has 4 rings (SSSR count). The third-order valence-corrected chi connectivity index (χ3v) is 5.74. The standard InChI is InChI=1S/C23H28N6O3/c1-16-14-17(2)29-23(24-16)25-20(26-29)15-22(31)28-12-10-27(11-13-28)21(30)9-6-18-4-7-19(32-3)8-5-18/h4-5,7-8,14H,6,9-13,15H2,1-3H3. The lowest BCUT2D eigenvalue weighted by Gasteiger charge is -2.34. The second-order valence-corrected chi connectivity index (χ2v) is 8.07. The van der Waals surface area contributed by atoms with Crippen molar-refractivity contribution < 1.29 is 14.3 Å². The van der Waals surface area contributed by atoms with Crippen molar-refractivity contribution in [3.63, 3.8) is 0 Å². The van der Waals surface area contributed by atoms with Crippen molar-refractivity contribution in [3.05, 3.63) is 53.1 Å². The van der Waals surface area contributed by atoms with Crippen LogP contribution in [0.2, 0.25) is 0 Å². The molecule has 3 heterocycles. The van der Waals surface area contributed by atoms with Crippen LogP contribution in [0.3, 0.4) is 0 Å². The third kappa shape index (κ3) is 4.87. The van der Waals surface area contributed by atoms with Gasteiger partial charge in [0.25, 0.3) is 5.78 Å². The van der Waals surface area contributed by atoms with Gasteiger partial charge in [-0.1, -0.05) is 12.1 Å². The fourth-order valence-electron chi connectivity index (χ4n) is 3.94. The molecule has 0 radical (unpaired) electrons. The number of ether oxygens (including phenoxy) is 1. The average Bonchev–Trinajstić information content (AvgIpc) is 3.20. The molecule has 1 aliphatic rings. The molecule has 9 nitrogen and oxygen atoms in total. The molecule has 2 aromatic heterocycles. The molecule has 0 N–H and O–H groups in total. The van der Waals surface area contributed by atoms with Crippen molar-refractivity contribution in [2.75, 3.05) is 33.3 Å². The van der Waals surface area contributed by atoms with E-state index in [0.29, 0.717) is 50.6 Å². The maximum Gasteiger partial charge on any atom is 0.252 e. The second-order valence-electron chi connectivity index (χ2n) is 8.07. The van der Waals surface area contributed by atoms with Crippen LogP contribution < -0.4 is 4.74 Å². The number of aromatic nitrogens is 4. The number of piperazine rings is 1. The molecule has 2 amide bonds. The van der Waals surface area contributed by atoms with Crippen LogP contribution in [0.1, 0.15) is 29.2 Å². The Morgan fingerprint density at radius 3 is 2.28 bits per heavy atom. The normalized spacial score (nSPS) is 14.1. The number of methoxy groups -OCH3 is 1. The SMILES string of the molecule is COc1ccc(CCC(=O)N2CCN(C(=O)Cc3nc4nc(C)cc(C)n4n3)CC2)cc1. The first-order valence-electron chi connectivity index (χ1n) is 10.8. The first-order valence-corrected chi connectivity index (χ1v) is 10.8. The molecule has 0 aliphatic carbocycles. The molecule has 0 saturated carbocycles. The molecule has 0 atom stereocenters. The van der Waals surface area contributed by atoms with E-state index in [1.165, 1.54) is 0 Å². The van der Waals surface area contributed by atoms with Crippen molar-refractivity contribution in [1.82, 2.24) is 29.4 Å². The van der Waals surface area contributed by atoms with Crippen LogP contribution >= 0.6 is 0 Å². The molecule has 1 aromatic carbocycles. The summed E-state index contributed by atoms with van der Waals surface area (Å²) in [6.45, 7) is 5.99. The van der Waals surface area contributed by atoms with Gasteiger partial charge in [-0.3, -0.25) is 9.59 Å². The van der Waals surface area contributed by atoms with Gasteiger partial charge in [0, 0.05) is 44.0 Å². The number of hydrogen-bond acceptors (Lipinski definition) is 6. The van der Waals surface area contributed by atoms with E-state index in [0.717, 1.165) is 22.7 Å². The maximum absolute atomic E-state index is 12.7. The van der Waals surface area contributed by atoms with Crippen molar-refractivity contribution in [1.29, 1.82) is 0 Å². The predicted molar refractivity (Wildman–Crippen MR) is 118 cm³/mol. The highest BCUT2D eigenvalue weighted by molar-refractivity contribution is 5.79. The highest BCUT2D eigenvalue weighted by Crippen LogP contribution is 2.14. The average molecular weight is 437 g/mol. The van der Waals surface area contributed by atoms with Gasteiger partial charge in [-0.15, -0.1) is 5.10 Å². The minimum atomic E-state index is -0.0272. The number of amides is 2. The highest BCUT2D eigenvalue weighted by atomic mass is 16.5. The van der Waals surface area contributed by atoms with Crippen LogP contribution in [0.15, 0.2) is 30.3 Å². The minimum absolute atomic E-state index is 0.0272. The molecular formula is C23H28N6O3. The summed E-state index contributed by atoms with van der Waals surface area (Å²) < 4.78 is 6.82. The van der Waals surface area contributed by atoms with Gasteiger partial charge in [0.2, 0.25) is 11.8 Å². The molecule has 1 fully saturated rings. The number of hydrogen-bond donors (Lipinski definition) is 0. The van der Waals surface area contributed by atoms with Gasteiger partial charge >= 0.3 is 0 Å². The zero-order valence-corrected chi connectivity index (χ0v) is 18.7. The number of benzene rings is 1. The second kappa shape index (κ2) is 9.33. The van der Waals surface area contributed by atoms with Crippen LogP contribution in [0, 0.1) is 13.8 Å². The number of nitrogens with zero attached hydrogens (tertiary/aromatic N) is 6. The lowest BCUT2D eigenvalue weighted by molar-refractivity contribution is -0.139. The molecule has 0 spiro atoms. The van der Waals surface area contributed by atoms with Crippen molar-refractivity contribution in [2.45, 2.75) is 33.1 Å². The van der Waals surface area contributed by atoms with Crippen LogP contribution in [0.4, 0.5) is 0 Å². The van der Waals surface area contributed by atoms with Gasteiger partial charge in [0.15, 0.2) is 5.82 Å². The Labute approximate surface area is 187 Å². The van der Waals surface area contributed by atoms with Gasteiger partial charge in [0.05, 0.1) is 13.5 Å². The largest absolute Gasteiger partial charge is 0.497 e. The highest BCUT2D eigenvalue weighted by Gasteiger charge is 2.25. The number of carbonyl (C=O) groups excluding carboxylic acids is 2. The monoisotopic (exact) mass is 436 g/mol. The number of rotatable bonds is 6. The summed E-state index contributed by atoms with van der Waals surface area (Å²) in [4.78, 5) is 37.7. The molecular weight excluding hydrogens is 408 g/mol. The fraction of sp³-hybridized carbons (Fsp3) is 0.435. The van der Waals surface area contributed by atoms with Crippen LogP contribution in [0.5, 0.6) is 5.75 Å². The van der Waals surface area contributed by atoms with Gasteiger partial charge in [-0.2, -0.15) is 4.98 Å². The minimum Gasteiger partial charge on any atom is -0.497 e. The zero-order chi connectivity index (χ0) is 22.7. The molecule has 0 bridgehead atoms. The molecule has 9 heteroatoms. The van der Waals surface area contributed by atoms with E-state index in [4.69, 9.17) is 4.74 Å². The summed E-state index contributed by atoms with van der Waals surface area (Å²) in [5.41, 5.74) is 2.90. The first kappa shape index (κ1) is 21.7. The Balaban J connectivity index is 1.27. The molecule has 32 heavy (non-hydrogen) atoms. The Bertz CT molecular complexity index is 1120. The third-order valence-electron chi connectivity index (χ3n) is 5.74. The molecule has 0 unspecified atom stereocenters. The van der Waals surface area contributed by atoms with Crippen molar-refractivity contribution in [3.8, 4) is 5.75 Å². The van der Waals surface area contributed by atoms with Crippen molar-refractivity contribution in [2.24, 2.45) is 0 Å². The quantitative estimate of drug-likeness (QED) is 0.583. The Morgan fingerprint density at radius 1 is 0.969 bits per heavy atom. The Hall–Kier alpha value is -3.49. The predicted octanol–water partition coefficient (Wildman–Crippen LogP) is 1.60. The lowest BCUT2D eigenvalue weighted by atomic mass is 10.1. The number of fused-ring (bicyclic) bond motifs is 1. The summed E-state index contributed by atoms with van der Waals surface area (Å²) in [5.74, 6) is 1.88. The summed E-state index contributed by atoms with van der Waals surface area (Å²) >= 11 is 0. The Morgan fingerprint density at radius 2 is 1.62 bits per heavy atom. The summed E-state index contributed by atoms with van der Waals surface area (Å²) in [7, 11) is 1.63. The smallest absolute Gasteiger partial charge is 0.252 e. The van der Waals surface area contributed by atoms with E-state index in [1.54, 1.807) is 16.5 Å². The summed E-state index contributed by atoms with van der Waals surface area (Å²) in [5, 5.41) is 4.42. The van der Waals surface area contributed by atoms with Crippen LogP contribution in [-0.4, -0.2) is 74.5 Å². The molecule has 168 valence electrons. The maximum atomic E-state index is 12.7. The van der Waals surface area contributed by atoms with E-state index >= 15 is 0 Å². The van der Waals surface area contributed by atoms with Gasteiger partial charge in [-0.25, -0.2) is 9.50 Å². The van der Waals surface area contributed by atoms with E-state index in [2.05, 4.69) is 15.1 Å². The molecule has 1 aliphatic heterocycles. The summed E-state index contributed by atoms with van der Waals surface area (Å²) in [6, 6.07) is 9.70. The van der Waals surface area contributed by atoms with E-state index in [9.17, 15) is 9.59 Å². The topological polar surface area (TPSA) is 92.9 Å². The molecule has 3 aromatic rings. The van der Waals surface area contributed by atoms with E-state index in [1.807, 2.05) is 49.1 Å². The van der Waals surface area contributed by atoms with Crippen molar-refractivity contribution >= 4 is 17.6 Å². The summed E-state index contributed by atoms with van der Waals surface area (Å²) in [6.07, 6.45) is 1.28. The number of aryl methyl sites for hydroxylation is 3.